The number of halogens is 1. The van der Waals surface area contributed by atoms with E-state index in [1.54, 1.807) is 18.2 Å². The monoisotopic (exact) mass is 262 g/mol. The maximum atomic E-state index is 14.2. The summed E-state index contributed by atoms with van der Waals surface area (Å²) in [5, 5.41) is 0.441. The summed E-state index contributed by atoms with van der Waals surface area (Å²) >= 11 is 0. The maximum absolute atomic E-state index is 14.2. The van der Waals surface area contributed by atoms with E-state index in [4.69, 9.17) is 9.15 Å². The smallest absolute Gasteiger partial charge is 0.346 e. The molecule has 100 valence electrons. The van der Waals surface area contributed by atoms with Crippen molar-refractivity contribution < 1.29 is 13.5 Å². The van der Waals surface area contributed by atoms with Crippen LogP contribution in [0, 0.1) is 5.82 Å². The summed E-state index contributed by atoms with van der Waals surface area (Å²) in [7, 11) is 0. The topological polar surface area (TPSA) is 39.4 Å². The minimum Gasteiger partial charge on any atom is -0.491 e. The zero-order valence-electron chi connectivity index (χ0n) is 10.7. The fraction of sp³-hybridized carbons (Fsp3) is 0.267. The Morgan fingerprint density at radius 3 is 2.95 bits per heavy atom. The van der Waals surface area contributed by atoms with Crippen molar-refractivity contribution in [3.63, 3.8) is 0 Å². The van der Waals surface area contributed by atoms with E-state index in [2.05, 4.69) is 6.58 Å². The molecule has 19 heavy (non-hydrogen) atoms. The summed E-state index contributed by atoms with van der Waals surface area (Å²) in [6.45, 7) is 5.91. The first-order chi connectivity index (χ1) is 9.17. The van der Waals surface area contributed by atoms with Crippen LogP contribution in [-0.4, -0.2) is 6.61 Å². The van der Waals surface area contributed by atoms with Gasteiger partial charge in [-0.25, -0.2) is 9.18 Å². The number of benzene rings is 1. The van der Waals surface area contributed by atoms with Crippen LogP contribution in [0.4, 0.5) is 4.39 Å². The van der Waals surface area contributed by atoms with Gasteiger partial charge >= 0.3 is 5.63 Å². The van der Waals surface area contributed by atoms with Crippen LogP contribution in [0.3, 0.4) is 0 Å². The van der Waals surface area contributed by atoms with Gasteiger partial charge in [0.05, 0.1) is 6.61 Å². The van der Waals surface area contributed by atoms with Crippen molar-refractivity contribution in [2.45, 2.75) is 19.8 Å². The Morgan fingerprint density at radius 1 is 1.47 bits per heavy atom. The number of rotatable bonds is 5. The van der Waals surface area contributed by atoms with Crippen molar-refractivity contribution in [1.82, 2.24) is 0 Å². The molecule has 0 aliphatic carbocycles. The second-order valence-corrected chi connectivity index (χ2v) is 4.18. The van der Waals surface area contributed by atoms with Gasteiger partial charge in [0.1, 0.15) is 11.1 Å². The first-order valence-corrected chi connectivity index (χ1v) is 6.16. The van der Waals surface area contributed by atoms with Gasteiger partial charge in [-0.2, -0.15) is 0 Å². The molecule has 0 N–H and O–H groups in total. The Labute approximate surface area is 110 Å². The molecule has 0 saturated carbocycles. The van der Waals surface area contributed by atoms with Crippen LogP contribution in [0.5, 0.6) is 5.75 Å². The Balaban J connectivity index is 2.56. The van der Waals surface area contributed by atoms with Crippen LogP contribution in [0.2, 0.25) is 0 Å². The lowest BCUT2D eigenvalue weighted by Gasteiger charge is -2.08. The first kappa shape index (κ1) is 13.3. The second-order valence-electron chi connectivity index (χ2n) is 4.18. The Bertz CT molecular complexity index is 658. The highest BCUT2D eigenvalue weighted by atomic mass is 19.1. The first-order valence-electron chi connectivity index (χ1n) is 6.16. The standard InChI is InChI=1S/C15H15FO3/c1-3-5-11-9-10-6-7-12(18-8-4-2)14(16)13(10)15(17)19-11/h3,6-7,9H,1,4-5,8H2,2H3. The molecule has 1 heterocycles. The Kier molecular flexibility index (Phi) is 4.00. The van der Waals surface area contributed by atoms with Gasteiger partial charge in [0, 0.05) is 6.42 Å². The third-order valence-electron chi connectivity index (χ3n) is 2.69. The van der Waals surface area contributed by atoms with E-state index in [0.717, 1.165) is 6.42 Å². The molecule has 4 heteroatoms. The predicted molar refractivity (Wildman–Crippen MR) is 72.1 cm³/mol. The lowest BCUT2D eigenvalue weighted by molar-refractivity contribution is 0.302. The molecule has 0 aliphatic rings. The van der Waals surface area contributed by atoms with Gasteiger partial charge in [-0.15, -0.1) is 6.58 Å². The molecule has 2 rings (SSSR count). The van der Waals surface area contributed by atoms with Gasteiger partial charge in [-0.05, 0) is 23.9 Å². The molecule has 0 unspecified atom stereocenters. The molecule has 0 radical (unpaired) electrons. The maximum Gasteiger partial charge on any atom is 0.346 e. The predicted octanol–water partition coefficient (Wildman–Crippen LogP) is 3.45. The zero-order valence-corrected chi connectivity index (χ0v) is 10.7. The van der Waals surface area contributed by atoms with Crippen LogP contribution in [0.25, 0.3) is 10.8 Å². The highest BCUT2D eigenvalue weighted by Crippen LogP contribution is 2.25. The third-order valence-corrected chi connectivity index (χ3v) is 2.69. The normalized spacial score (nSPS) is 10.6. The highest BCUT2D eigenvalue weighted by Gasteiger charge is 2.14. The molecule has 0 aliphatic heterocycles. The summed E-state index contributed by atoms with van der Waals surface area (Å²) in [6.07, 6.45) is 2.82. The number of hydrogen-bond acceptors (Lipinski definition) is 3. The fourth-order valence-corrected chi connectivity index (χ4v) is 1.84. The number of allylic oxidation sites excluding steroid dienone is 1. The molecule has 0 saturated heterocycles. The molecule has 1 aromatic heterocycles. The molecule has 0 fully saturated rings. The van der Waals surface area contributed by atoms with Crippen molar-refractivity contribution in [1.29, 1.82) is 0 Å². The SMILES string of the molecule is C=CCc1cc2ccc(OCCC)c(F)c2c(=O)o1. The minimum absolute atomic E-state index is 0.0681. The van der Waals surface area contributed by atoms with E-state index in [-0.39, 0.29) is 11.1 Å². The molecule has 2 aromatic rings. The third kappa shape index (κ3) is 2.67. The number of hydrogen-bond donors (Lipinski definition) is 0. The quantitative estimate of drug-likeness (QED) is 0.775. The van der Waals surface area contributed by atoms with Gasteiger partial charge in [0.2, 0.25) is 0 Å². The van der Waals surface area contributed by atoms with E-state index < -0.39 is 11.4 Å². The van der Waals surface area contributed by atoms with Crippen LogP contribution >= 0.6 is 0 Å². The van der Waals surface area contributed by atoms with Crippen molar-refractivity contribution >= 4 is 10.8 Å². The molecule has 1 aromatic carbocycles. The second kappa shape index (κ2) is 5.69. The fourth-order valence-electron chi connectivity index (χ4n) is 1.84. The van der Waals surface area contributed by atoms with E-state index in [1.165, 1.54) is 6.07 Å². The lowest BCUT2D eigenvalue weighted by Crippen LogP contribution is -2.06. The minimum atomic E-state index is -0.686. The Morgan fingerprint density at radius 2 is 2.26 bits per heavy atom. The Hall–Kier alpha value is -2.10. The van der Waals surface area contributed by atoms with E-state index in [1.807, 2.05) is 6.92 Å². The van der Waals surface area contributed by atoms with Crippen LogP contribution in [0.15, 0.2) is 40.1 Å². The number of ether oxygens (including phenoxy) is 1. The van der Waals surface area contributed by atoms with E-state index in [9.17, 15) is 9.18 Å². The van der Waals surface area contributed by atoms with Crippen molar-refractivity contribution in [3.05, 3.63) is 52.9 Å². The molecule has 3 nitrogen and oxygen atoms in total. The zero-order chi connectivity index (χ0) is 13.8. The van der Waals surface area contributed by atoms with Crippen LogP contribution in [0.1, 0.15) is 19.1 Å². The summed E-state index contributed by atoms with van der Waals surface area (Å²) in [5.74, 6) is -0.114. The summed E-state index contributed by atoms with van der Waals surface area (Å²) in [5.41, 5.74) is -0.686. The average molecular weight is 262 g/mol. The summed E-state index contributed by atoms with van der Waals surface area (Å²) < 4.78 is 24.5. The summed E-state index contributed by atoms with van der Waals surface area (Å²) in [6, 6.07) is 4.84. The lowest BCUT2D eigenvalue weighted by atomic mass is 10.1. The highest BCUT2D eigenvalue weighted by molar-refractivity contribution is 5.83. The van der Waals surface area contributed by atoms with Crippen LogP contribution in [-0.2, 0) is 6.42 Å². The van der Waals surface area contributed by atoms with Gasteiger partial charge in [-0.1, -0.05) is 19.1 Å². The average Bonchev–Trinajstić information content (AvgIpc) is 2.38. The van der Waals surface area contributed by atoms with Gasteiger partial charge in [0.25, 0.3) is 0 Å². The molecular formula is C15H15FO3. The van der Waals surface area contributed by atoms with Crippen molar-refractivity contribution in [3.8, 4) is 5.75 Å². The summed E-state index contributed by atoms with van der Waals surface area (Å²) in [4.78, 5) is 11.8. The molecule has 0 amide bonds. The molecule has 0 bridgehead atoms. The van der Waals surface area contributed by atoms with Gasteiger partial charge in [0.15, 0.2) is 11.6 Å². The van der Waals surface area contributed by atoms with Gasteiger partial charge in [-0.3, -0.25) is 0 Å². The van der Waals surface area contributed by atoms with Crippen LogP contribution < -0.4 is 10.4 Å². The van der Waals surface area contributed by atoms with E-state index in [0.29, 0.717) is 24.2 Å². The van der Waals surface area contributed by atoms with E-state index >= 15 is 0 Å². The van der Waals surface area contributed by atoms with Gasteiger partial charge < -0.3 is 9.15 Å². The molecule has 0 spiro atoms. The number of fused-ring (bicyclic) bond motifs is 1. The van der Waals surface area contributed by atoms with Crippen molar-refractivity contribution in [2.75, 3.05) is 6.61 Å². The largest absolute Gasteiger partial charge is 0.491 e. The molecular weight excluding hydrogens is 247 g/mol. The van der Waals surface area contributed by atoms with Crippen molar-refractivity contribution in [2.24, 2.45) is 0 Å². The molecule has 0 atom stereocenters.